The van der Waals surface area contributed by atoms with Gasteiger partial charge < -0.3 is 5.73 Å². The number of nitrogen functional groups attached to an aromatic ring is 1. The van der Waals surface area contributed by atoms with Crippen molar-refractivity contribution in [3.8, 4) is 0 Å². The minimum atomic E-state index is -0.0641. The SMILES string of the molecule is Nc1cc(Cl)cc(C(=O)c2ccccc2)c1Cc1ccccc1. The predicted octanol–water partition coefficient (Wildman–Crippen LogP) is 4.74. The highest BCUT2D eigenvalue weighted by Gasteiger charge is 2.17. The van der Waals surface area contributed by atoms with Crippen LogP contribution in [0.15, 0.2) is 72.8 Å². The normalized spacial score (nSPS) is 10.5. The van der Waals surface area contributed by atoms with Gasteiger partial charge in [0.15, 0.2) is 5.78 Å². The lowest BCUT2D eigenvalue weighted by Crippen LogP contribution is -2.09. The van der Waals surface area contributed by atoms with Crippen LogP contribution in [0.25, 0.3) is 0 Å². The van der Waals surface area contributed by atoms with Crippen molar-refractivity contribution in [1.29, 1.82) is 0 Å². The molecule has 3 rings (SSSR count). The lowest BCUT2D eigenvalue weighted by Gasteiger charge is -2.13. The fourth-order valence-electron chi connectivity index (χ4n) is 2.60. The average molecular weight is 322 g/mol. The number of benzene rings is 3. The van der Waals surface area contributed by atoms with Crippen LogP contribution in [0.3, 0.4) is 0 Å². The maximum Gasteiger partial charge on any atom is 0.193 e. The standard InChI is InChI=1S/C20H16ClNO/c21-16-12-18(20(23)15-9-5-2-6-10-15)17(19(22)13-16)11-14-7-3-1-4-8-14/h1-10,12-13H,11,22H2. The highest BCUT2D eigenvalue weighted by atomic mass is 35.5. The van der Waals surface area contributed by atoms with Gasteiger partial charge in [-0.15, -0.1) is 0 Å². The number of halogens is 1. The third-order valence-electron chi connectivity index (χ3n) is 3.75. The summed E-state index contributed by atoms with van der Waals surface area (Å²) in [5, 5.41) is 0.471. The Balaban J connectivity index is 2.07. The fourth-order valence-corrected chi connectivity index (χ4v) is 2.83. The zero-order chi connectivity index (χ0) is 16.2. The van der Waals surface area contributed by atoms with Crippen LogP contribution in [0.5, 0.6) is 0 Å². The number of hydrogen-bond donors (Lipinski definition) is 1. The summed E-state index contributed by atoms with van der Waals surface area (Å²) in [6.07, 6.45) is 0.595. The summed E-state index contributed by atoms with van der Waals surface area (Å²) in [6.45, 7) is 0. The van der Waals surface area contributed by atoms with Crippen LogP contribution in [-0.2, 0) is 6.42 Å². The number of ketones is 1. The monoisotopic (exact) mass is 321 g/mol. The highest BCUT2D eigenvalue weighted by molar-refractivity contribution is 6.31. The van der Waals surface area contributed by atoms with Crippen molar-refractivity contribution in [2.24, 2.45) is 0 Å². The van der Waals surface area contributed by atoms with Crippen LogP contribution >= 0.6 is 11.6 Å². The molecule has 0 amide bonds. The van der Waals surface area contributed by atoms with Gasteiger partial charge >= 0.3 is 0 Å². The topological polar surface area (TPSA) is 43.1 Å². The molecule has 3 heteroatoms. The van der Waals surface area contributed by atoms with Gasteiger partial charge in [-0.3, -0.25) is 4.79 Å². The molecule has 0 unspecified atom stereocenters. The van der Waals surface area contributed by atoms with Gasteiger partial charge in [0.1, 0.15) is 0 Å². The summed E-state index contributed by atoms with van der Waals surface area (Å²) in [5.41, 5.74) is 9.79. The van der Waals surface area contributed by atoms with Gasteiger partial charge in [-0.25, -0.2) is 0 Å². The molecule has 3 aromatic rings. The molecule has 2 N–H and O–H groups in total. The van der Waals surface area contributed by atoms with Crippen molar-refractivity contribution >= 4 is 23.1 Å². The third-order valence-corrected chi connectivity index (χ3v) is 3.97. The summed E-state index contributed by atoms with van der Waals surface area (Å²) in [5.74, 6) is -0.0641. The lowest BCUT2D eigenvalue weighted by atomic mass is 9.93. The van der Waals surface area contributed by atoms with Crippen molar-refractivity contribution in [2.75, 3.05) is 5.73 Å². The van der Waals surface area contributed by atoms with Crippen LogP contribution in [0.1, 0.15) is 27.0 Å². The van der Waals surface area contributed by atoms with E-state index in [1.165, 1.54) is 0 Å². The first-order valence-electron chi connectivity index (χ1n) is 7.36. The summed E-state index contributed by atoms with van der Waals surface area (Å²) in [4.78, 5) is 12.8. The van der Waals surface area contributed by atoms with E-state index in [4.69, 9.17) is 17.3 Å². The Hall–Kier alpha value is -2.58. The Morgan fingerprint density at radius 2 is 1.52 bits per heavy atom. The molecular formula is C20H16ClNO. The van der Waals surface area contributed by atoms with E-state index in [1.807, 2.05) is 48.5 Å². The van der Waals surface area contributed by atoms with Gasteiger partial charge in [0.2, 0.25) is 0 Å². The molecule has 0 fully saturated rings. The second-order valence-corrected chi connectivity index (χ2v) is 5.82. The minimum absolute atomic E-state index is 0.0641. The molecule has 0 spiro atoms. The molecule has 0 aliphatic rings. The molecule has 0 radical (unpaired) electrons. The van der Waals surface area contributed by atoms with Crippen molar-refractivity contribution < 1.29 is 4.79 Å². The van der Waals surface area contributed by atoms with Gasteiger partial charge in [0.25, 0.3) is 0 Å². The van der Waals surface area contributed by atoms with Gasteiger partial charge in [-0.05, 0) is 23.3 Å². The summed E-state index contributed by atoms with van der Waals surface area (Å²) in [6, 6.07) is 22.5. The van der Waals surface area contributed by atoms with Crippen LogP contribution < -0.4 is 5.73 Å². The molecule has 0 saturated heterocycles. The van der Waals surface area contributed by atoms with Crippen molar-refractivity contribution in [3.63, 3.8) is 0 Å². The van der Waals surface area contributed by atoms with E-state index >= 15 is 0 Å². The van der Waals surface area contributed by atoms with E-state index in [9.17, 15) is 4.79 Å². The lowest BCUT2D eigenvalue weighted by molar-refractivity contribution is 0.103. The highest BCUT2D eigenvalue weighted by Crippen LogP contribution is 2.27. The van der Waals surface area contributed by atoms with E-state index in [0.717, 1.165) is 11.1 Å². The Bertz CT molecular complexity index is 829. The second kappa shape index (κ2) is 6.67. The molecule has 23 heavy (non-hydrogen) atoms. The van der Waals surface area contributed by atoms with E-state index in [2.05, 4.69) is 0 Å². The number of carbonyl (C=O) groups is 1. The Morgan fingerprint density at radius 3 is 2.17 bits per heavy atom. The molecule has 114 valence electrons. The van der Waals surface area contributed by atoms with Crippen LogP contribution in [0.2, 0.25) is 5.02 Å². The zero-order valence-electron chi connectivity index (χ0n) is 12.5. The number of hydrogen-bond acceptors (Lipinski definition) is 2. The first-order valence-corrected chi connectivity index (χ1v) is 7.74. The van der Waals surface area contributed by atoms with Gasteiger partial charge in [-0.1, -0.05) is 72.3 Å². The molecule has 0 saturated carbocycles. The molecule has 0 heterocycles. The van der Waals surface area contributed by atoms with Crippen LogP contribution in [0.4, 0.5) is 5.69 Å². The van der Waals surface area contributed by atoms with Gasteiger partial charge in [-0.2, -0.15) is 0 Å². The number of anilines is 1. The number of rotatable bonds is 4. The molecule has 0 bridgehead atoms. The van der Waals surface area contributed by atoms with E-state index in [1.54, 1.807) is 24.3 Å². The number of nitrogens with two attached hydrogens (primary N) is 1. The second-order valence-electron chi connectivity index (χ2n) is 5.38. The maximum atomic E-state index is 12.8. The Labute approximate surface area is 140 Å². The molecule has 0 aromatic heterocycles. The first kappa shape index (κ1) is 15.3. The summed E-state index contributed by atoms with van der Waals surface area (Å²) in [7, 11) is 0. The first-order chi connectivity index (χ1) is 11.1. The zero-order valence-corrected chi connectivity index (χ0v) is 13.3. The molecule has 0 aliphatic heterocycles. The third kappa shape index (κ3) is 3.43. The Kier molecular flexibility index (Phi) is 4.45. The molecule has 0 aliphatic carbocycles. The summed E-state index contributed by atoms with van der Waals surface area (Å²) >= 11 is 6.12. The van der Waals surface area contributed by atoms with E-state index in [0.29, 0.717) is 28.3 Å². The van der Waals surface area contributed by atoms with Crippen LogP contribution in [0, 0.1) is 0 Å². The predicted molar refractivity (Wildman–Crippen MR) is 95.0 cm³/mol. The quantitative estimate of drug-likeness (QED) is 0.557. The summed E-state index contributed by atoms with van der Waals surface area (Å²) < 4.78 is 0. The van der Waals surface area contributed by atoms with Gasteiger partial charge in [0.05, 0.1) is 0 Å². The molecular weight excluding hydrogens is 306 g/mol. The van der Waals surface area contributed by atoms with E-state index < -0.39 is 0 Å². The Morgan fingerprint density at radius 1 is 0.913 bits per heavy atom. The van der Waals surface area contributed by atoms with Crippen molar-refractivity contribution in [1.82, 2.24) is 0 Å². The largest absolute Gasteiger partial charge is 0.398 e. The van der Waals surface area contributed by atoms with Gasteiger partial charge in [0, 0.05) is 28.3 Å². The molecule has 3 aromatic carbocycles. The molecule has 2 nitrogen and oxygen atoms in total. The average Bonchev–Trinajstić information content (AvgIpc) is 2.58. The minimum Gasteiger partial charge on any atom is -0.398 e. The molecule has 0 atom stereocenters. The fraction of sp³-hybridized carbons (Fsp3) is 0.0500. The van der Waals surface area contributed by atoms with Crippen LogP contribution in [-0.4, -0.2) is 5.78 Å². The maximum absolute atomic E-state index is 12.8. The van der Waals surface area contributed by atoms with E-state index in [-0.39, 0.29) is 5.78 Å². The smallest absolute Gasteiger partial charge is 0.193 e. The number of carbonyl (C=O) groups excluding carboxylic acids is 1. The van der Waals surface area contributed by atoms with Crippen molar-refractivity contribution in [3.05, 3.63) is 100 Å². The van der Waals surface area contributed by atoms with Crippen molar-refractivity contribution in [2.45, 2.75) is 6.42 Å².